The van der Waals surface area contributed by atoms with Gasteiger partial charge in [0.25, 0.3) is 5.91 Å². The Morgan fingerprint density at radius 3 is 2.24 bits per heavy atom. The van der Waals surface area contributed by atoms with Gasteiger partial charge in [-0.15, -0.1) is 0 Å². The molecule has 2 aromatic rings. The Bertz CT molecular complexity index is 727. The van der Waals surface area contributed by atoms with Gasteiger partial charge in [0.05, 0.1) is 25.5 Å². The molecule has 0 aliphatic heterocycles. The van der Waals surface area contributed by atoms with E-state index in [0.717, 1.165) is 0 Å². The summed E-state index contributed by atoms with van der Waals surface area (Å²) in [6.07, 6.45) is -0.225. The summed E-state index contributed by atoms with van der Waals surface area (Å²) in [5, 5.41) is 2.73. The van der Waals surface area contributed by atoms with Crippen LogP contribution in [0.2, 0.25) is 0 Å². The van der Waals surface area contributed by atoms with Crippen molar-refractivity contribution in [3.05, 3.63) is 54.1 Å². The van der Waals surface area contributed by atoms with Gasteiger partial charge in [0, 0.05) is 0 Å². The smallest absolute Gasteiger partial charge is 0.339 e. The number of methoxy groups -OCH3 is 2. The Morgan fingerprint density at radius 1 is 1.00 bits per heavy atom. The van der Waals surface area contributed by atoms with Crippen molar-refractivity contribution >= 4 is 17.6 Å². The normalized spacial score (nSPS) is 11.3. The molecule has 0 saturated carbocycles. The number of carbonyl (C=O) groups excluding carboxylic acids is 2. The van der Waals surface area contributed by atoms with Crippen LogP contribution in [0, 0.1) is 0 Å². The van der Waals surface area contributed by atoms with Gasteiger partial charge < -0.3 is 19.5 Å². The van der Waals surface area contributed by atoms with Crippen molar-refractivity contribution in [2.45, 2.75) is 19.4 Å². The summed E-state index contributed by atoms with van der Waals surface area (Å²) >= 11 is 0. The maximum absolute atomic E-state index is 12.5. The zero-order valence-electron chi connectivity index (χ0n) is 14.4. The van der Waals surface area contributed by atoms with Gasteiger partial charge in [-0.3, -0.25) is 4.79 Å². The molecule has 2 aromatic carbocycles. The van der Waals surface area contributed by atoms with Crippen LogP contribution in [0.3, 0.4) is 0 Å². The molecule has 6 nitrogen and oxygen atoms in total. The predicted molar refractivity (Wildman–Crippen MR) is 94.1 cm³/mol. The first-order valence-electron chi connectivity index (χ1n) is 7.88. The van der Waals surface area contributed by atoms with Gasteiger partial charge in [0.1, 0.15) is 11.5 Å². The van der Waals surface area contributed by atoms with Gasteiger partial charge >= 0.3 is 5.97 Å². The second-order valence-corrected chi connectivity index (χ2v) is 5.22. The van der Waals surface area contributed by atoms with Gasteiger partial charge in [0.2, 0.25) is 0 Å². The van der Waals surface area contributed by atoms with Crippen LogP contribution in [0.25, 0.3) is 0 Å². The molecule has 0 saturated heterocycles. The lowest BCUT2D eigenvalue weighted by molar-refractivity contribution is -0.122. The first-order chi connectivity index (χ1) is 12.1. The molecule has 1 atom stereocenters. The van der Waals surface area contributed by atoms with Crippen molar-refractivity contribution in [1.29, 1.82) is 0 Å². The molecule has 0 aliphatic carbocycles. The summed E-state index contributed by atoms with van der Waals surface area (Å²) in [4.78, 5) is 24.3. The van der Waals surface area contributed by atoms with Crippen LogP contribution in [-0.4, -0.2) is 32.2 Å². The van der Waals surface area contributed by atoms with E-state index in [2.05, 4.69) is 5.32 Å². The van der Waals surface area contributed by atoms with Gasteiger partial charge in [-0.2, -0.15) is 0 Å². The third-order valence-electron chi connectivity index (χ3n) is 3.59. The van der Waals surface area contributed by atoms with Crippen molar-refractivity contribution in [3.8, 4) is 11.5 Å². The molecule has 1 N–H and O–H groups in total. The number of anilines is 1. The van der Waals surface area contributed by atoms with Gasteiger partial charge in [-0.05, 0) is 42.8 Å². The van der Waals surface area contributed by atoms with Crippen molar-refractivity contribution in [2.75, 3.05) is 19.5 Å². The largest absolute Gasteiger partial charge is 0.497 e. The molecule has 1 unspecified atom stereocenters. The molecule has 1 amide bonds. The number of amides is 1. The Morgan fingerprint density at radius 2 is 1.64 bits per heavy atom. The lowest BCUT2D eigenvalue weighted by atomic mass is 10.1. The van der Waals surface area contributed by atoms with Gasteiger partial charge in [0.15, 0.2) is 6.10 Å². The summed E-state index contributed by atoms with van der Waals surface area (Å²) in [6, 6.07) is 13.6. The molecule has 2 rings (SSSR count). The standard InChI is InChI=1S/C19H21NO5/c1-4-17(25-14-11-9-13(23-2)10-12-14)18(21)20-16-8-6-5-7-15(16)19(22)24-3/h5-12,17H,4H2,1-3H3,(H,20,21). The number of esters is 1. The zero-order chi connectivity index (χ0) is 18.2. The Hall–Kier alpha value is -3.02. The van der Waals surface area contributed by atoms with Crippen molar-refractivity contribution < 1.29 is 23.8 Å². The number of carbonyl (C=O) groups is 2. The zero-order valence-corrected chi connectivity index (χ0v) is 14.4. The number of benzene rings is 2. The molecule has 0 bridgehead atoms. The lowest BCUT2D eigenvalue weighted by Gasteiger charge is -2.18. The number of hydrogen-bond acceptors (Lipinski definition) is 5. The van der Waals surface area contributed by atoms with E-state index in [0.29, 0.717) is 23.6 Å². The molecule has 132 valence electrons. The number of nitrogens with one attached hydrogen (secondary N) is 1. The maximum atomic E-state index is 12.5. The van der Waals surface area contributed by atoms with Crippen molar-refractivity contribution in [2.24, 2.45) is 0 Å². The minimum atomic E-state index is -0.695. The van der Waals surface area contributed by atoms with Crippen LogP contribution in [0.1, 0.15) is 23.7 Å². The van der Waals surface area contributed by atoms with Crippen LogP contribution >= 0.6 is 0 Å². The molecule has 0 fully saturated rings. The quantitative estimate of drug-likeness (QED) is 0.781. The van der Waals surface area contributed by atoms with Crippen LogP contribution in [0.4, 0.5) is 5.69 Å². The highest BCUT2D eigenvalue weighted by molar-refractivity contribution is 6.02. The third kappa shape index (κ3) is 4.73. The van der Waals surface area contributed by atoms with Crippen LogP contribution in [-0.2, 0) is 9.53 Å². The van der Waals surface area contributed by atoms with Gasteiger partial charge in [-0.1, -0.05) is 19.1 Å². The summed E-state index contributed by atoms with van der Waals surface area (Å²) in [5.41, 5.74) is 0.675. The summed E-state index contributed by atoms with van der Waals surface area (Å²) in [7, 11) is 2.87. The lowest BCUT2D eigenvalue weighted by Crippen LogP contribution is -2.32. The monoisotopic (exact) mass is 343 g/mol. The summed E-state index contributed by atoms with van der Waals surface area (Å²) in [6.45, 7) is 1.85. The molecule has 25 heavy (non-hydrogen) atoms. The SMILES string of the molecule is CCC(Oc1ccc(OC)cc1)C(=O)Nc1ccccc1C(=O)OC. The van der Waals surface area contributed by atoms with Gasteiger partial charge in [-0.25, -0.2) is 4.79 Å². The average molecular weight is 343 g/mol. The fourth-order valence-corrected chi connectivity index (χ4v) is 2.23. The van der Waals surface area contributed by atoms with Crippen molar-refractivity contribution in [1.82, 2.24) is 0 Å². The molecule has 0 spiro atoms. The Kier molecular flexibility index (Phi) is 6.39. The average Bonchev–Trinajstić information content (AvgIpc) is 2.66. The molecule has 0 radical (unpaired) electrons. The summed E-state index contributed by atoms with van der Waals surface area (Å²) in [5.74, 6) is 0.413. The number of ether oxygens (including phenoxy) is 3. The summed E-state index contributed by atoms with van der Waals surface area (Å²) < 4.78 is 15.6. The molecule has 0 heterocycles. The maximum Gasteiger partial charge on any atom is 0.339 e. The van der Waals surface area contributed by atoms with Crippen LogP contribution in [0.5, 0.6) is 11.5 Å². The third-order valence-corrected chi connectivity index (χ3v) is 3.59. The highest BCUT2D eigenvalue weighted by Gasteiger charge is 2.21. The van der Waals surface area contributed by atoms with E-state index in [1.807, 2.05) is 6.92 Å². The molecular formula is C19H21NO5. The van der Waals surface area contributed by atoms with E-state index in [1.54, 1.807) is 55.6 Å². The van der Waals surface area contributed by atoms with Crippen LogP contribution < -0.4 is 14.8 Å². The number of rotatable bonds is 7. The van der Waals surface area contributed by atoms with E-state index in [-0.39, 0.29) is 11.5 Å². The minimum absolute atomic E-state index is 0.289. The van der Waals surface area contributed by atoms with Crippen molar-refractivity contribution in [3.63, 3.8) is 0 Å². The first-order valence-corrected chi connectivity index (χ1v) is 7.88. The van der Waals surface area contributed by atoms with E-state index in [9.17, 15) is 9.59 Å². The molecular weight excluding hydrogens is 322 g/mol. The van der Waals surface area contributed by atoms with Crippen LogP contribution in [0.15, 0.2) is 48.5 Å². The Balaban J connectivity index is 2.11. The second kappa shape index (κ2) is 8.73. The fourth-order valence-electron chi connectivity index (χ4n) is 2.23. The molecule has 0 aliphatic rings. The molecule has 0 aromatic heterocycles. The first kappa shape index (κ1) is 18.3. The molecule has 6 heteroatoms. The van der Waals surface area contributed by atoms with E-state index in [1.165, 1.54) is 7.11 Å². The van der Waals surface area contributed by atoms with E-state index >= 15 is 0 Å². The number of para-hydroxylation sites is 1. The minimum Gasteiger partial charge on any atom is -0.497 e. The topological polar surface area (TPSA) is 73.9 Å². The number of hydrogen-bond donors (Lipinski definition) is 1. The van der Waals surface area contributed by atoms with E-state index in [4.69, 9.17) is 14.2 Å². The fraction of sp³-hybridized carbons (Fsp3) is 0.263. The van der Waals surface area contributed by atoms with E-state index < -0.39 is 12.1 Å². The highest BCUT2D eigenvalue weighted by atomic mass is 16.5. The highest BCUT2D eigenvalue weighted by Crippen LogP contribution is 2.21. The predicted octanol–water partition coefficient (Wildman–Crippen LogP) is 3.28. The Labute approximate surface area is 146 Å². The second-order valence-electron chi connectivity index (χ2n) is 5.22.